The Kier molecular flexibility index (Phi) is 2.66. The number of rotatable bonds is 0. The van der Waals surface area contributed by atoms with Gasteiger partial charge in [-0.15, -0.1) is 0 Å². The molecule has 1 aliphatic heterocycles. The van der Waals surface area contributed by atoms with Crippen molar-refractivity contribution in [1.82, 2.24) is 10.6 Å². The van der Waals surface area contributed by atoms with E-state index in [-0.39, 0.29) is 11.4 Å². The van der Waals surface area contributed by atoms with Crippen molar-refractivity contribution >= 4 is 5.91 Å². The highest BCUT2D eigenvalue weighted by Gasteiger charge is 2.47. The van der Waals surface area contributed by atoms with Crippen LogP contribution in [0, 0.1) is 0 Å². The molecular formula is C13H22N2O. The van der Waals surface area contributed by atoms with Gasteiger partial charge in [0.15, 0.2) is 0 Å². The van der Waals surface area contributed by atoms with Crippen LogP contribution >= 0.6 is 0 Å². The number of nitrogens with one attached hydrogen (secondary N) is 2. The summed E-state index contributed by atoms with van der Waals surface area (Å²) in [6.45, 7) is 0. The van der Waals surface area contributed by atoms with Gasteiger partial charge in [-0.2, -0.15) is 0 Å². The van der Waals surface area contributed by atoms with Gasteiger partial charge in [-0.1, -0.05) is 32.1 Å². The van der Waals surface area contributed by atoms with Gasteiger partial charge in [0.2, 0.25) is 5.91 Å². The summed E-state index contributed by atoms with van der Waals surface area (Å²) in [7, 11) is 0. The zero-order valence-corrected chi connectivity index (χ0v) is 9.93. The molecule has 0 aromatic rings. The molecule has 0 aromatic heterocycles. The Bertz CT molecular complexity index is 284. The predicted octanol–water partition coefficient (Wildman–Crippen LogP) is 1.72. The van der Waals surface area contributed by atoms with E-state index in [1.807, 2.05) is 0 Å². The molecule has 3 aliphatic rings. The van der Waals surface area contributed by atoms with E-state index in [0.29, 0.717) is 12.1 Å². The molecule has 2 saturated carbocycles. The van der Waals surface area contributed by atoms with Crippen LogP contribution in [-0.4, -0.2) is 23.5 Å². The fourth-order valence-electron chi connectivity index (χ4n) is 3.73. The summed E-state index contributed by atoms with van der Waals surface area (Å²) in [5.74, 6) is 0.287. The first-order valence-electron chi connectivity index (χ1n) is 6.89. The second-order valence-corrected chi connectivity index (χ2v) is 5.76. The van der Waals surface area contributed by atoms with Crippen molar-refractivity contribution in [3.63, 3.8) is 0 Å². The molecule has 1 amide bonds. The number of carbonyl (C=O) groups excluding carboxylic acids is 1. The van der Waals surface area contributed by atoms with Crippen molar-refractivity contribution in [3.05, 3.63) is 0 Å². The summed E-state index contributed by atoms with van der Waals surface area (Å²) in [4.78, 5) is 12.3. The van der Waals surface area contributed by atoms with Crippen LogP contribution in [0.1, 0.15) is 57.8 Å². The first-order chi connectivity index (χ1) is 7.80. The normalized spacial score (nSPS) is 37.9. The lowest BCUT2D eigenvalue weighted by Gasteiger charge is -2.48. The summed E-state index contributed by atoms with van der Waals surface area (Å²) in [5.41, 5.74) is -0.198. The maximum Gasteiger partial charge on any atom is 0.240 e. The fourth-order valence-corrected chi connectivity index (χ4v) is 3.73. The molecule has 0 radical (unpaired) electrons. The minimum atomic E-state index is -0.198. The molecule has 16 heavy (non-hydrogen) atoms. The largest absolute Gasteiger partial charge is 0.350 e. The van der Waals surface area contributed by atoms with Crippen molar-refractivity contribution in [3.8, 4) is 0 Å². The summed E-state index contributed by atoms with van der Waals surface area (Å²) in [5, 5.41) is 6.99. The van der Waals surface area contributed by atoms with E-state index < -0.39 is 0 Å². The number of hydrogen-bond acceptors (Lipinski definition) is 2. The Hall–Kier alpha value is -0.570. The van der Waals surface area contributed by atoms with Gasteiger partial charge in [0, 0.05) is 12.1 Å². The molecule has 2 N–H and O–H groups in total. The minimum Gasteiger partial charge on any atom is -0.350 e. The lowest BCUT2D eigenvalue weighted by atomic mass is 9.76. The number of carbonyl (C=O) groups is 1. The zero-order chi connectivity index (χ0) is 11.0. The van der Waals surface area contributed by atoms with Gasteiger partial charge in [-0.25, -0.2) is 0 Å². The second kappa shape index (κ2) is 4.02. The van der Waals surface area contributed by atoms with Gasteiger partial charge in [-0.05, 0) is 25.7 Å². The van der Waals surface area contributed by atoms with Crippen LogP contribution in [0.4, 0.5) is 0 Å². The first-order valence-corrected chi connectivity index (χ1v) is 6.89. The van der Waals surface area contributed by atoms with Gasteiger partial charge >= 0.3 is 0 Å². The van der Waals surface area contributed by atoms with E-state index in [2.05, 4.69) is 10.6 Å². The highest BCUT2D eigenvalue weighted by Crippen LogP contribution is 2.34. The molecule has 0 aromatic carbocycles. The Balaban J connectivity index is 1.77. The molecule has 90 valence electrons. The molecular weight excluding hydrogens is 200 g/mol. The number of fused-ring (bicyclic) bond motifs is 1. The summed E-state index contributed by atoms with van der Waals surface area (Å²) >= 11 is 0. The maximum atomic E-state index is 12.3. The van der Waals surface area contributed by atoms with Crippen molar-refractivity contribution in [2.24, 2.45) is 0 Å². The third kappa shape index (κ3) is 1.65. The quantitative estimate of drug-likeness (QED) is 0.655. The van der Waals surface area contributed by atoms with Crippen LogP contribution < -0.4 is 10.6 Å². The van der Waals surface area contributed by atoms with Crippen molar-refractivity contribution in [2.75, 3.05) is 0 Å². The van der Waals surface area contributed by atoms with E-state index in [1.165, 1.54) is 44.9 Å². The van der Waals surface area contributed by atoms with Crippen LogP contribution in [0.25, 0.3) is 0 Å². The van der Waals surface area contributed by atoms with E-state index in [1.54, 1.807) is 0 Å². The van der Waals surface area contributed by atoms with E-state index in [0.717, 1.165) is 12.8 Å². The van der Waals surface area contributed by atoms with Crippen molar-refractivity contribution < 1.29 is 4.79 Å². The van der Waals surface area contributed by atoms with E-state index in [9.17, 15) is 4.79 Å². The van der Waals surface area contributed by atoms with Gasteiger partial charge in [0.05, 0.1) is 5.54 Å². The van der Waals surface area contributed by atoms with Crippen LogP contribution in [0.5, 0.6) is 0 Å². The molecule has 3 heteroatoms. The smallest absolute Gasteiger partial charge is 0.240 e. The summed E-state index contributed by atoms with van der Waals surface area (Å²) in [6, 6.07) is 0.957. The van der Waals surface area contributed by atoms with Crippen LogP contribution in [0.2, 0.25) is 0 Å². The topological polar surface area (TPSA) is 41.1 Å². The Morgan fingerprint density at radius 3 is 2.38 bits per heavy atom. The van der Waals surface area contributed by atoms with Crippen molar-refractivity contribution in [1.29, 1.82) is 0 Å². The molecule has 0 bridgehead atoms. The molecule has 3 nitrogen and oxygen atoms in total. The predicted molar refractivity (Wildman–Crippen MR) is 63.1 cm³/mol. The minimum absolute atomic E-state index is 0.198. The van der Waals surface area contributed by atoms with Crippen LogP contribution in [0.3, 0.4) is 0 Å². The highest BCUT2D eigenvalue weighted by molar-refractivity contribution is 5.87. The van der Waals surface area contributed by atoms with Crippen LogP contribution in [0.15, 0.2) is 0 Å². The molecule has 3 rings (SSSR count). The number of amides is 1. The van der Waals surface area contributed by atoms with Gasteiger partial charge in [-0.3, -0.25) is 10.1 Å². The molecule has 0 unspecified atom stereocenters. The lowest BCUT2D eigenvalue weighted by molar-refractivity contribution is -0.134. The number of piperazine rings is 1. The maximum absolute atomic E-state index is 12.3. The Morgan fingerprint density at radius 1 is 0.938 bits per heavy atom. The molecule has 2 aliphatic carbocycles. The first kappa shape index (κ1) is 10.6. The van der Waals surface area contributed by atoms with Gasteiger partial charge in [0.1, 0.15) is 0 Å². The van der Waals surface area contributed by atoms with E-state index in [4.69, 9.17) is 0 Å². The summed E-state index contributed by atoms with van der Waals surface area (Å²) < 4.78 is 0. The molecule has 3 fully saturated rings. The Morgan fingerprint density at radius 2 is 1.62 bits per heavy atom. The highest BCUT2D eigenvalue weighted by atomic mass is 16.2. The standard InChI is InChI=1S/C13H22N2O/c16-12-13(8-4-1-5-9-13)15-11-7-3-2-6-10(11)14-12/h10-11,15H,1-9H2,(H,14,16)/t10-,11-/m0/s1. The van der Waals surface area contributed by atoms with Gasteiger partial charge < -0.3 is 5.32 Å². The summed E-state index contributed by atoms with van der Waals surface area (Å²) in [6.07, 6.45) is 10.8. The van der Waals surface area contributed by atoms with Gasteiger partial charge in [0.25, 0.3) is 0 Å². The van der Waals surface area contributed by atoms with Crippen molar-refractivity contribution in [2.45, 2.75) is 75.4 Å². The van der Waals surface area contributed by atoms with Crippen LogP contribution in [-0.2, 0) is 4.79 Å². The third-order valence-corrected chi connectivity index (χ3v) is 4.69. The Labute approximate surface area is 97.4 Å². The van der Waals surface area contributed by atoms with E-state index >= 15 is 0 Å². The molecule has 1 saturated heterocycles. The lowest BCUT2D eigenvalue weighted by Crippen LogP contribution is -2.71. The number of hydrogen-bond donors (Lipinski definition) is 2. The average molecular weight is 222 g/mol. The third-order valence-electron chi connectivity index (χ3n) is 4.69. The SMILES string of the molecule is O=C1N[C@H]2CCCC[C@@H]2NC12CCCCC2. The molecule has 1 heterocycles. The zero-order valence-electron chi connectivity index (χ0n) is 9.93. The monoisotopic (exact) mass is 222 g/mol. The second-order valence-electron chi connectivity index (χ2n) is 5.76. The fraction of sp³-hybridized carbons (Fsp3) is 0.923. The molecule has 1 spiro atoms. The molecule has 2 atom stereocenters. The average Bonchev–Trinajstić information content (AvgIpc) is 2.32.